The second kappa shape index (κ2) is 5.13. The van der Waals surface area contributed by atoms with E-state index in [1.54, 1.807) is 12.1 Å². The maximum absolute atomic E-state index is 11.4. The number of nitrogens with one attached hydrogen (secondary N) is 1. The number of aryl methyl sites for hydroxylation is 2. The molecule has 1 aliphatic rings. The first-order valence-electron chi connectivity index (χ1n) is 6.83. The minimum Gasteiger partial charge on any atom is -0.454 e. The van der Waals surface area contributed by atoms with E-state index in [1.807, 2.05) is 6.92 Å². The standard InChI is InChI=1S/C14H18N4O2/c1-9-16-11-4-2-3-5-12(11)18(9)8-10-6-7-13(20-10)14(19)17-15/h6-7H,2-5,8,15H2,1H3,(H,17,19). The van der Waals surface area contributed by atoms with E-state index in [9.17, 15) is 4.79 Å². The van der Waals surface area contributed by atoms with Crippen LogP contribution in [0.5, 0.6) is 0 Å². The van der Waals surface area contributed by atoms with Crippen molar-refractivity contribution in [2.24, 2.45) is 5.84 Å². The number of fused-ring (bicyclic) bond motifs is 1. The SMILES string of the molecule is Cc1nc2c(n1Cc1ccc(C(=O)NN)o1)CCCC2. The van der Waals surface area contributed by atoms with E-state index >= 15 is 0 Å². The topological polar surface area (TPSA) is 86.1 Å². The van der Waals surface area contributed by atoms with Crippen LogP contribution >= 0.6 is 0 Å². The number of furan rings is 1. The van der Waals surface area contributed by atoms with Crippen molar-refractivity contribution in [3.63, 3.8) is 0 Å². The van der Waals surface area contributed by atoms with Gasteiger partial charge in [0.15, 0.2) is 5.76 Å². The fourth-order valence-electron chi connectivity index (χ4n) is 2.76. The van der Waals surface area contributed by atoms with Gasteiger partial charge >= 0.3 is 5.91 Å². The molecule has 0 saturated carbocycles. The third kappa shape index (κ3) is 2.22. The highest BCUT2D eigenvalue weighted by molar-refractivity contribution is 5.90. The minimum atomic E-state index is -0.416. The Hall–Kier alpha value is -2.08. The molecule has 0 bridgehead atoms. The Kier molecular flexibility index (Phi) is 3.31. The van der Waals surface area contributed by atoms with Gasteiger partial charge in [-0.25, -0.2) is 10.8 Å². The van der Waals surface area contributed by atoms with Crippen LogP contribution in [0.2, 0.25) is 0 Å². The number of imidazole rings is 1. The Morgan fingerprint density at radius 1 is 1.45 bits per heavy atom. The summed E-state index contributed by atoms with van der Waals surface area (Å²) in [6.07, 6.45) is 4.54. The molecule has 1 amide bonds. The summed E-state index contributed by atoms with van der Waals surface area (Å²) in [5.74, 6) is 6.64. The number of amides is 1. The fraction of sp³-hybridized carbons (Fsp3) is 0.429. The van der Waals surface area contributed by atoms with Gasteiger partial charge < -0.3 is 8.98 Å². The average molecular weight is 274 g/mol. The van der Waals surface area contributed by atoms with Crippen LogP contribution < -0.4 is 11.3 Å². The van der Waals surface area contributed by atoms with Crippen molar-refractivity contribution in [2.45, 2.75) is 39.2 Å². The van der Waals surface area contributed by atoms with E-state index in [4.69, 9.17) is 10.3 Å². The summed E-state index contributed by atoms with van der Waals surface area (Å²) in [5.41, 5.74) is 4.57. The van der Waals surface area contributed by atoms with E-state index in [-0.39, 0.29) is 5.76 Å². The lowest BCUT2D eigenvalue weighted by Gasteiger charge is -2.13. The molecule has 0 aliphatic heterocycles. The number of nitrogens with two attached hydrogens (primary N) is 1. The number of hydrogen-bond acceptors (Lipinski definition) is 4. The van der Waals surface area contributed by atoms with Crippen molar-refractivity contribution in [3.05, 3.63) is 40.9 Å². The molecule has 3 N–H and O–H groups in total. The molecule has 0 spiro atoms. The van der Waals surface area contributed by atoms with Gasteiger partial charge in [0.05, 0.1) is 12.2 Å². The Labute approximate surface area is 116 Å². The van der Waals surface area contributed by atoms with Crippen molar-refractivity contribution >= 4 is 5.91 Å². The number of hydrogen-bond donors (Lipinski definition) is 2. The van der Waals surface area contributed by atoms with E-state index in [2.05, 4.69) is 15.0 Å². The summed E-state index contributed by atoms with van der Waals surface area (Å²) in [7, 11) is 0. The predicted octanol–water partition coefficient (Wildman–Crippen LogP) is 1.32. The van der Waals surface area contributed by atoms with Crippen LogP contribution in [0.15, 0.2) is 16.5 Å². The molecule has 20 heavy (non-hydrogen) atoms. The number of hydrazine groups is 1. The molecule has 0 saturated heterocycles. The summed E-state index contributed by atoms with van der Waals surface area (Å²) < 4.78 is 7.69. The largest absolute Gasteiger partial charge is 0.454 e. The molecule has 1 aliphatic carbocycles. The highest BCUT2D eigenvalue weighted by Gasteiger charge is 2.19. The fourth-order valence-corrected chi connectivity index (χ4v) is 2.76. The van der Waals surface area contributed by atoms with Gasteiger partial charge in [0.25, 0.3) is 0 Å². The van der Waals surface area contributed by atoms with Gasteiger partial charge in [-0.05, 0) is 44.7 Å². The molecule has 6 nitrogen and oxygen atoms in total. The highest BCUT2D eigenvalue weighted by atomic mass is 16.4. The van der Waals surface area contributed by atoms with Crippen LogP contribution in [-0.4, -0.2) is 15.5 Å². The van der Waals surface area contributed by atoms with Crippen LogP contribution in [0, 0.1) is 6.92 Å². The van der Waals surface area contributed by atoms with Crippen LogP contribution in [0.4, 0.5) is 0 Å². The monoisotopic (exact) mass is 274 g/mol. The van der Waals surface area contributed by atoms with E-state index in [0.717, 1.165) is 24.4 Å². The highest BCUT2D eigenvalue weighted by Crippen LogP contribution is 2.23. The zero-order chi connectivity index (χ0) is 14.1. The first-order valence-corrected chi connectivity index (χ1v) is 6.83. The molecule has 2 aromatic rings. The molecule has 106 valence electrons. The van der Waals surface area contributed by atoms with Crippen molar-refractivity contribution in [1.29, 1.82) is 0 Å². The lowest BCUT2D eigenvalue weighted by atomic mass is 10.0. The summed E-state index contributed by atoms with van der Waals surface area (Å²) in [5, 5.41) is 0. The van der Waals surface area contributed by atoms with Crippen molar-refractivity contribution in [2.75, 3.05) is 0 Å². The summed E-state index contributed by atoms with van der Waals surface area (Å²) in [6.45, 7) is 2.61. The number of nitrogen functional groups attached to an aromatic ring is 1. The zero-order valence-corrected chi connectivity index (χ0v) is 11.5. The second-order valence-electron chi connectivity index (χ2n) is 5.09. The van der Waals surface area contributed by atoms with Gasteiger partial charge in [-0.1, -0.05) is 0 Å². The Balaban J connectivity index is 1.86. The van der Waals surface area contributed by atoms with Crippen molar-refractivity contribution in [1.82, 2.24) is 15.0 Å². The molecule has 0 aromatic carbocycles. The number of rotatable bonds is 3. The molecule has 0 unspecified atom stereocenters. The smallest absolute Gasteiger partial charge is 0.300 e. The van der Waals surface area contributed by atoms with E-state index < -0.39 is 5.91 Å². The number of carbonyl (C=O) groups is 1. The lowest BCUT2D eigenvalue weighted by molar-refractivity contribution is 0.0924. The Bertz CT molecular complexity index is 642. The van der Waals surface area contributed by atoms with E-state index in [0.29, 0.717) is 6.54 Å². The zero-order valence-electron chi connectivity index (χ0n) is 11.5. The Morgan fingerprint density at radius 2 is 2.25 bits per heavy atom. The first kappa shape index (κ1) is 12.9. The minimum absolute atomic E-state index is 0.231. The van der Waals surface area contributed by atoms with Crippen LogP contribution in [-0.2, 0) is 19.4 Å². The van der Waals surface area contributed by atoms with Gasteiger partial charge in [-0.15, -0.1) is 0 Å². The molecule has 2 heterocycles. The number of nitrogens with zero attached hydrogens (tertiary/aromatic N) is 2. The molecular weight excluding hydrogens is 256 g/mol. The molecule has 2 aromatic heterocycles. The molecule has 6 heteroatoms. The maximum Gasteiger partial charge on any atom is 0.300 e. The van der Waals surface area contributed by atoms with Crippen LogP contribution in [0.25, 0.3) is 0 Å². The van der Waals surface area contributed by atoms with Gasteiger partial charge in [0.2, 0.25) is 0 Å². The first-order chi connectivity index (χ1) is 9.69. The third-order valence-electron chi connectivity index (χ3n) is 3.75. The van der Waals surface area contributed by atoms with Gasteiger partial charge in [-0.3, -0.25) is 10.2 Å². The number of carbonyl (C=O) groups excluding carboxylic acids is 1. The molecule has 0 atom stereocenters. The van der Waals surface area contributed by atoms with Crippen LogP contribution in [0.1, 0.15) is 46.4 Å². The average Bonchev–Trinajstić information content (AvgIpc) is 3.04. The molecule has 3 rings (SSSR count). The molecular formula is C14H18N4O2. The van der Waals surface area contributed by atoms with Gasteiger partial charge in [0.1, 0.15) is 11.6 Å². The van der Waals surface area contributed by atoms with Crippen LogP contribution in [0.3, 0.4) is 0 Å². The maximum atomic E-state index is 11.4. The summed E-state index contributed by atoms with van der Waals surface area (Å²) in [6, 6.07) is 3.44. The normalized spacial score (nSPS) is 14.1. The summed E-state index contributed by atoms with van der Waals surface area (Å²) >= 11 is 0. The van der Waals surface area contributed by atoms with Gasteiger partial charge in [0, 0.05) is 5.69 Å². The van der Waals surface area contributed by atoms with Gasteiger partial charge in [-0.2, -0.15) is 0 Å². The quantitative estimate of drug-likeness (QED) is 0.502. The predicted molar refractivity (Wildman–Crippen MR) is 73.1 cm³/mol. The lowest BCUT2D eigenvalue weighted by Crippen LogP contribution is -2.29. The van der Waals surface area contributed by atoms with E-state index in [1.165, 1.54) is 24.2 Å². The number of aromatic nitrogens is 2. The Morgan fingerprint density at radius 3 is 3.05 bits per heavy atom. The third-order valence-corrected chi connectivity index (χ3v) is 3.75. The van der Waals surface area contributed by atoms with Crippen molar-refractivity contribution < 1.29 is 9.21 Å². The second-order valence-corrected chi connectivity index (χ2v) is 5.09. The summed E-state index contributed by atoms with van der Waals surface area (Å²) in [4.78, 5) is 16.0. The molecule has 0 radical (unpaired) electrons. The van der Waals surface area contributed by atoms with Crippen molar-refractivity contribution in [3.8, 4) is 0 Å². The molecule has 0 fully saturated rings.